The minimum atomic E-state index is -6.17. The highest BCUT2D eigenvalue weighted by molar-refractivity contribution is 6.71. The van der Waals surface area contributed by atoms with E-state index in [0.29, 0.717) is 0 Å². The third-order valence-corrected chi connectivity index (χ3v) is 5.17. The molecule has 2 nitrogen and oxygen atoms in total. The van der Waals surface area contributed by atoms with E-state index in [1.165, 1.54) is 7.11 Å². The maximum absolute atomic E-state index is 13.0. The zero-order valence-electron chi connectivity index (χ0n) is 10.6. The van der Waals surface area contributed by atoms with Crippen molar-refractivity contribution in [1.82, 2.24) is 0 Å². The highest BCUT2D eigenvalue weighted by Gasteiger charge is 2.74. The Morgan fingerprint density at radius 1 is 0.895 bits per heavy atom. The van der Waals surface area contributed by atoms with Crippen molar-refractivity contribution < 1.29 is 39.9 Å². The molecule has 0 aliphatic heterocycles. The van der Waals surface area contributed by atoms with Crippen LogP contribution in [-0.2, 0) is 9.16 Å². The van der Waals surface area contributed by atoms with Gasteiger partial charge in [0.1, 0.15) is 0 Å². The topological polar surface area (TPSA) is 18.5 Å². The Labute approximate surface area is 107 Å². The average molecular weight is 316 g/mol. The fourth-order valence-electron chi connectivity index (χ4n) is 1.14. The van der Waals surface area contributed by atoms with Gasteiger partial charge in [-0.1, -0.05) is 0 Å². The zero-order chi connectivity index (χ0) is 15.5. The first-order valence-corrected chi connectivity index (χ1v) is 8.40. The third-order valence-electron chi connectivity index (χ3n) is 2.51. The van der Waals surface area contributed by atoms with Crippen LogP contribution in [0.25, 0.3) is 0 Å². The lowest BCUT2D eigenvalue weighted by atomic mass is 10.3. The summed E-state index contributed by atoms with van der Waals surface area (Å²) in [4.78, 5) is 0. The first-order chi connectivity index (χ1) is 8.27. The van der Waals surface area contributed by atoms with Crippen LogP contribution in [0.15, 0.2) is 0 Å². The van der Waals surface area contributed by atoms with Gasteiger partial charge in [0.15, 0.2) is 8.32 Å². The smallest absolute Gasteiger partial charge is 0.420 e. The minimum Gasteiger partial charge on any atom is -0.420 e. The average Bonchev–Trinajstić information content (AvgIpc) is 2.21. The molecule has 0 rings (SSSR count). The molecule has 0 radical (unpaired) electrons. The van der Waals surface area contributed by atoms with Gasteiger partial charge in [0.25, 0.3) is 0 Å². The molecule has 0 aromatic rings. The molecule has 0 fully saturated rings. The van der Waals surface area contributed by atoms with Gasteiger partial charge >= 0.3 is 18.2 Å². The van der Waals surface area contributed by atoms with Crippen LogP contribution in [0.3, 0.4) is 0 Å². The number of rotatable bonds is 6. The summed E-state index contributed by atoms with van der Waals surface area (Å²) in [5.41, 5.74) is 0. The SMILES string of the molecule is CO[Si](C)(C)CCCOC(F)(C(F)(F)F)C(F)(F)F. The van der Waals surface area contributed by atoms with E-state index in [9.17, 15) is 30.7 Å². The van der Waals surface area contributed by atoms with E-state index in [2.05, 4.69) is 4.74 Å². The van der Waals surface area contributed by atoms with E-state index in [1.807, 2.05) is 0 Å². The summed E-state index contributed by atoms with van der Waals surface area (Å²) >= 11 is 0. The summed E-state index contributed by atoms with van der Waals surface area (Å²) in [5.74, 6) is -5.63. The molecular formula is C9H15F7O2Si. The lowest BCUT2D eigenvalue weighted by molar-refractivity contribution is -0.429. The maximum Gasteiger partial charge on any atom is 0.458 e. The standard InChI is InChI=1S/C9H15F7O2Si/c1-17-19(2,3)6-4-5-18-7(10,8(11,12)13)9(14,15)16/h4-6H2,1-3H3. The van der Waals surface area contributed by atoms with Crippen molar-refractivity contribution in [2.75, 3.05) is 13.7 Å². The molecule has 0 heterocycles. The van der Waals surface area contributed by atoms with Gasteiger partial charge in [0.2, 0.25) is 0 Å². The van der Waals surface area contributed by atoms with Gasteiger partial charge in [-0.2, -0.15) is 30.7 Å². The van der Waals surface area contributed by atoms with E-state index in [1.54, 1.807) is 13.1 Å². The zero-order valence-corrected chi connectivity index (χ0v) is 11.6. The molecule has 0 atom stereocenters. The predicted molar refractivity (Wildman–Crippen MR) is 55.8 cm³/mol. The Bertz CT molecular complexity index is 273. The number of halogens is 7. The van der Waals surface area contributed by atoms with Crippen molar-refractivity contribution in [3.8, 4) is 0 Å². The van der Waals surface area contributed by atoms with Crippen LogP contribution in [0.4, 0.5) is 30.7 Å². The van der Waals surface area contributed by atoms with E-state index in [-0.39, 0.29) is 12.5 Å². The number of hydrogen-bond acceptors (Lipinski definition) is 2. The largest absolute Gasteiger partial charge is 0.458 e. The molecule has 0 aliphatic rings. The lowest BCUT2D eigenvalue weighted by Crippen LogP contribution is -2.55. The molecule has 10 heteroatoms. The number of ether oxygens (including phenoxy) is 1. The number of alkyl halides is 7. The molecular weight excluding hydrogens is 301 g/mol. The van der Waals surface area contributed by atoms with Crippen molar-refractivity contribution in [1.29, 1.82) is 0 Å². The van der Waals surface area contributed by atoms with Crippen LogP contribution < -0.4 is 0 Å². The summed E-state index contributed by atoms with van der Waals surface area (Å²) in [6, 6.07) is 0.259. The summed E-state index contributed by atoms with van der Waals surface area (Å²) in [6.45, 7) is 2.46. The van der Waals surface area contributed by atoms with Crippen LogP contribution in [-0.4, -0.2) is 40.2 Å². The quantitative estimate of drug-likeness (QED) is 0.418. The van der Waals surface area contributed by atoms with Gasteiger partial charge < -0.3 is 9.16 Å². The highest BCUT2D eigenvalue weighted by atomic mass is 28.4. The van der Waals surface area contributed by atoms with Crippen molar-refractivity contribution in [2.24, 2.45) is 0 Å². The van der Waals surface area contributed by atoms with Crippen LogP contribution in [0.1, 0.15) is 6.42 Å². The molecule has 0 saturated heterocycles. The molecule has 0 unspecified atom stereocenters. The Balaban J connectivity index is 4.57. The van der Waals surface area contributed by atoms with Crippen LogP contribution in [0, 0.1) is 0 Å². The first-order valence-electron chi connectivity index (χ1n) is 5.28. The van der Waals surface area contributed by atoms with Gasteiger partial charge in [0, 0.05) is 7.11 Å². The summed E-state index contributed by atoms with van der Waals surface area (Å²) < 4.78 is 94.1. The molecule has 19 heavy (non-hydrogen) atoms. The molecule has 0 amide bonds. The second-order valence-corrected chi connectivity index (χ2v) is 8.93. The molecule has 0 aromatic heterocycles. The highest BCUT2D eigenvalue weighted by Crippen LogP contribution is 2.47. The Kier molecular flexibility index (Phi) is 5.85. The van der Waals surface area contributed by atoms with Crippen LogP contribution in [0.2, 0.25) is 19.1 Å². The van der Waals surface area contributed by atoms with Crippen molar-refractivity contribution in [3.05, 3.63) is 0 Å². The third kappa shape index (κ3) is 4.92. The number of hydrogen-bond donors (Lipinski definition) is 0. The molecule has 0 saturated carbocycles. The van der Waals surface area contributed by atoms with E-state index >= 15 is 0 Å². The van der Waals surface area contributed by atoms with E-state index in [4.69, 9.17) is 4.43 Å². The van der Waals surface area contributed by atoms with Gasteiger partial charge in [-0.15, -0.1) is 0 Å². The lowest BCUT2D eigenvalue weighted by Gasteiger charge is -2.30. The monoisotopic (exact) mass is 316 g/mol. The van der Waals surface area contributed by atoms with Gasteiger partial charge in [0.05, 0.1) is 6.61 Å². The van der Waals surface area contributed by atoms with Crippen molar-refractivity contribution in [2.45, 2.75) is 43.8 Å². The summed E-state index contributed by atoms with van der Waals surface area (Å²) in [7, 11) is -0.730. The van der Waals surface area contributed by atoms with Crippen molar-refractivity contribution in [3.63, 3.8) is 0 Å². The Hall–Kier alpha value is -0.353. The molecule has 0 aliphatic carbocycles. The van der Waals surface area contributed by atoms with Gasteiger partial charge in [-0.05, 0) is 25.6 Å². The van der Waals surface area contributed by atoms with Gasteiger partial charge in [-0.3, -0.25) is 0 Å². The van der Waals surface area contributed by atoms with E-state index in [0.717, 1.165) is 0 Å². The summed E-state index contributed by atoms with van der Waals surface area (Å²) in [6.07, 6.45) is -12.5. The second kappa shape index (κ2) is 5.96. The second-order valence-electron chi connectivity index (χ2n) is 4.51. The molecule has 0 N–H and O–H groups in total. The minimum absolute atomic E-state index is 0.148. The Morgan fingerprint density at radius 2 is 1.32 bits per heavy atom. The fraction of sp³-hybridized carbons (Fsp3) is 1.00. The first kappa shape index (κ1) is 18.6. The van der Waals surface area contributed by atoms with E-state index < -0.39 is 33.1 Å². The fourth-order valence-corrected chi connectivity index (χ4v) is 2.34. The molecule has 116 valence electrons. The van der Waals surface area contributed by atoms with Gasteiger partial charge in [-0.25, -0.2) is 0 Å². The predicted octanol–water partition coefficient (Wildman–Crippen LogP) is 4.04. The van der Waals surface area contributed by atoms with Crippen LogP contribution in [0.5, 0.6) is 0 Å². The normalized spacial score (nSPS) is 14.8. The molecule has 0 bridgehead atoms. The maximum atomic E-state index is 13.0. The van der Waals surface area contributed by atoms with Crippen LogP contribution >= 0.6 is 0 Å². The Morgan fingerprint density at radius 3 is 1.63 bits per heavy atom. The summed E-state index contributed by atoms with van der Waals surface area (Å²) in [5, 5.41) is 0. The molecule has 0 spiro atoms. The molecule has 0 aromatic carbocycles. The van der Waals surface area contributed by atoms with Crippen molar-refractivity contribution >= 4 is 8.32 Å².